The van der Waals surface area contributed by atoms with Crippen LogP contribution in [0.3, 0.4) is 0 Å². The number of fused-ring (bicyclic) bond motifs is 1. The van der Waals surface area contributed by atoms with Crippen LogP contribution in [0.2, 0.25) is 5.02 Å². The standard InChI is InChI=1S/C18H14ClF3N2O3/c1-10(17(25)26-2)27-13-5-3-11(4-6-13)16-23-8-15-14(19)7-12(9-24(15)16)18(20,21)22/h3-10H,1-2H3/t10-/m1/s1. The maximum atomic E-state index is 13.1. The molecule has 0 unspecified atom stereocenters. The molecule has 0 spiro atoms. The molecule has 5 nitrogen and oxygen atoms in total. The van der Waals surface area contributed by atoms with E-state index in [4.69, 9.17) is 16.3 Å². The van der Waals surface area contributed by atoms with E-state index >= 15 is 0 Å². The van der Waals surface area contributed by atoms with Crippen LogP contribution in [0.5, 0.6) is 5.75 Å². The quantitative estimate of drug-likeness (QED) is 0.602. The maximum absolute atomic E-state index is 13.1. The number of hydrogen-bond acceptors (Lipinski definition) is 4. The molecule has 142 valence electrons. The largest absolute Gasteiger partial charge is 0.479 e. The minimum atomic E-state index is -4.53. The van der Waals surface area contributed by atoms with Gasteiger partial charge in [-0.05, 0) is 37.3 Å². The van der Waals surface area contributed by atoms with Crippen molar-refractivity contribution in [2.24, 2.45) is 0 Å². The number of ether oxygens (including phenoxy) is 2. The van der Waals surface area contributed by atoms with Crippen LogP contribution >= 0.6 is 11.6 Å². The number of aromatic nitrogens is 2. The van der Waals surface area contributed by atoms with E-state index in [2.05, 4.69) is 9.72 Å². The number of nitrogens with zero attached hydrogens (tertiary/aromatic N) is 2. The van der Waals surface area contributed by atoms with Crippen LogP contribution in [0.15, 0.2) is 42.7 Å². The zero-order valence-corrected chi connectivity index (χ0v) is 15.0. The van der Waals surface area contributed by atoms with Crippen molar-refractivity contribution in [3.8, 4) is 17.1 Å². The van der Waals surface area contributed by atoms with E-state index in [0.717, 1.165) is 12.3 Å². The number of imidazole rings is 1. The van der Waals surface area contributed by atoms with Crippen LogP contribution < -0.4 is 4.74 Å². The summed E-state index contributed by atoms with van der Waals surface area (Å²) in [6, 6.07) is 7.30. The van der Waals surface area contributed by atoms with Crippen molar-refractivity contribution in [1.82, 2.24) is 9.38 Å². The lowest BCUT2D eigenvalue weighted by molar-refractivity contribution is -0.148. The fourth-order valence-corrected chi connectivity index (χ4v) is 2.78. The summed E-state index contributed by atoms with van der Waals surface area (Å²) in [7, 11) is 1.26. The van der Waals surface area contributed by atoms with E-state index in [-0.39, 0.29) is 5.02 Å². The van der Waals surface area contributed by atoms with E-state index < -0.39 is 23.8 Å². The highest BCUT2D eigenvalue weighted by Gasteiger charge is 2.32. The Morgan fingerprint density at radius 1 is 1.26 bits per heavy atom. The topological polar surface area (TPSA) is 52.8 Å². The Kier molecular flexibility index (Phi) is 5.01. The Hall–Kier alpha value is -2.74. The number of benzene rings is 1. The summed E-state index contributed by atoms with van der Waals surface area (Å²) in [6.07, 6.45) is -2.96. The van der Waals surface area contributed by atoms with E-state index in [1.54, 1.807) is 31.2 Å². The van der Waals surface area contributed by atoms with Crippen molar-refractivity contribution < 1.29 is 27.4 Å². The fraction of sp³-hybridized carbons (Fsp3) is 0.222. The lowest BCUT2D eigenvalue weighted by atomic mass is 10.2. The van der Waals surface area contributed by atoms with Crippen LogP contribution in [0.4, 0.5) is 13.2 Å². The molecule has 2 aromatic heterocycles. The summed E-state index contributed by atoms with van der Waals surface area (Å²) >= 11 is 5.97. The number of rotatable bonds is 4. The molecular formula is C18H14ClF3N2O3. The summed E-state index contributed by atoms with van der Waals surface area (Å²) in [4.78, 5) is 15.6. The second kappa shape index (κ2) is 7.11. The number of alkyl halides is 3. The smallest absolute Gasteiger partial charge is 0.417 e. The second-order valence-corrected chi connectivity index (χ2v) is 6.13. The van der Waals surface area contributed by atoms with Crippen molar-refractivity contribution in [2.45, 2.75) is 19.2 Å². The van der Waals surface area contributed by atoms with E-state index in [1.807, 2.05) is 0 Å². The van der Waals surface area contributed by atoms with Gasteiger partial charge in [-0.2, -0.15) is 13.2 Å². The maximum Gasteiger partial charge on any atom is 0.417 e. The third-order valence-corrected chi connectivity index (χ3v) is 4.18. The normalized spacial score (nSPS) is 12.8. The third kappa shape index (κ3) is 3.85. The Labute approximate surface area is 157 Å². The molecule has 2 heterocycles. The zero-order chi connectivity index (χ0) is 19.8. The number of hydrogen-bond donors (Lipinski definition) is 0. The average Bonchev–Trinajstić information content (AvgIpc) is 3.05. The minimum absolute atomic E-state index is 0.0459. The molecule has 1 atom stereocenters. The molecule has 0 radical (unpaired) electrons. The molecule has 0 N–H and O–H groups in total. The van der Waals surface area contributed by atoms with Crippen molar-refractivity contribution in [1.29, 1.82) is 0 Å². The van der Waals surface area contributed by atoms with Crippen LogP contribution in [-0.4, -0.2) is 28.6 Å². The zero-order valence-electron chi connectivity index (χ0n) is 14.2. The molecule has 1 aromatic carbocycles. The molecule has 0 fully saturated rings. The van der Waals surface area contributed by atoms with Gasteiger partial charge in [0.05, 0.1) is 29.4 Å². The monoisotopic (exact) mass is 398 g/mol. The lowest BCUT2D eigenvalue weighted by Gasteiger charge is -2.13. The fourth-order valence-electron chi connectivity index (χ4n) is 2.52. The first kappa shape index (κ1) is 19.0. The van der Waals surface area contributed by atoms with Crippen molar-refractivity contribution in [2.75, 3.05) is 7.11 Å². The summed E-state index contributed by atoms with van der Waals surface area (Å²) in [5.74, 6) is 0.185. The van der Waals surface area contributed by atoms with Gasteiger partial charge in [0.15, 0.2) is 6.10 Å². The molecule has 9 heteroatoms. The average molecular weight is 399 g/mol. The summed E-state index contributed by atoms with van der Waals surface area (Å²) in [5.41, 5.74) is 0.0499. The number of carbonyl (C=O) groups excluding carboxylic acids is 1. The van der Waals surface area contributed by atoms with Crippen molar-refractivity contribution in [3.63, 3.8) is 0 Å². The summed E-state index contributed by atoms with van der Waals surface area (Å²) in [6.45, 7) is 1.54. The Balaban J connectivity index is 1.96. The van der Waals surface area contributed by atoms with Gasteiger partial charge in [-0.1, -0.05) is 11.6 Å². The Bertz CT molecular complexity index is 984. The van der Waals surface area contributed by atoms with E-state index in [0.29, 0.717) is 22.7 Å². The summed E-state index contributed by atoms with van der Waals surface area (Å²) in [5, 5.41) is -0.0459. The van der Waals surface area contributed by atoms with E-state index in [1.165, 1.54) is 17.7 Å². The van der Waals surface area contributed by atoms with Crippen LogP contribution in [-0.2, 0) is 15.7 Å². The number of halogens is 4. The Morgan fingerprint density at radius 2 is 1.93 bits per heavy atom. The first-order valence-corrected chi connectivity index (χ1v) is 8.17. The molecule has 0 aliphatic heterocycles. The minimum Gasteiger partial charge on any atom is -0.479 e. The number of carbonyl (C=O) groups is 1. The molecule has 0 saturated carbocycles. The van der Waals surface area contributed by atoms with Gasteiger partial charge in [0.2, 0.25) is 0 Å². The van der Waals surface area contributed by atoms with Gasteiger partial charge in [0.1, 0.15) is 11.6 Å². The first-order chi connectivity index (χ1) is 12.7. The number of methoxy groups -OCH3 is 1. The predicted octanol–water partition coefficient (Wildman–Crippen LogP) is 4.61. The highest BCUT2D eigenvalue weighted by molar-refractivity contribution is 6.33. The molecule has 0 aliphatic rings. The molecule has 0 saturated heterocycles. The highest BCUT2D eigenvalue weighted by Crippen LogP contribution is 2.34. The highest BCUT2D eigenvalue weighted by atomic mass is 35.5. The third-order valence-electron chi connectivity index (χ3n) is 3.88. The molecule has 3 rings (SSSR count). The number of esters is 1. The van der Waals surface area contributed by atoms with Gasteiger partial charge >= 0.3 is 12.1 Å². The van der Waals surface area contributed by atoms with Gasteiger partial charge in [0, 0.05) is 11.8 Å². The lowest BCUT2D eigenvalue weighted by Crippen LogP contribution is -2.24. The van der Waals surface area contributed by atoms with Gasteiger partial charge in [-0.15, -0.1) is 0 Å². The SMILES string of the molecule is COC(=O)[C@@H](C)Oc1ccc(-c2ncc3c(Cl)cc(C(F)(F)F)cn23)cc1. The van der Waals surface area contributed by atoms with Gasteiger partial charge in [0.25, 0.3) is 0 Å². The van der Waals surface area contributed by atoms with Gasteiger partial charge in [-0.3, -0.25) is 4.40 Å². The van der Waals surface area contributed by atoms with Crippen LogP contribution in [0.25, 0.3) is 16.9 Å². The molecule has 0 aliphatic carbocycles. The van der Waals surface area contributed by atoms with Crippen molar-refractivity contribution >= 4 is 23.1 Å². The first-order valence-electron chi connectivity index (χ1n) is 7.79. The van der Waals surface area contributed by atoms with E-state index in [9.17, 15) is 18.0 Å². The van der Waals surface area contributed by atoms with Crippen LogP contribution in [0.1, 0.15) is 12.5 Å². The Morgan fingerprint density at radius 3 is 2.52 bits per heavy atom. The van der Waals surface area contributed by atoms with Crippen LogP contribution in [0, 0.1) is 0 Å². The van der Waals surface area contributed by atoms with Gasteiger partial charge < -0.3 is 9.47 Å². The number of pyridine rings is 1. The molecular weight excluding hydrogens is 385 g/mol. The van der Waals surface area contributed by atoms with Gasteiger partial charge in [-0.25, -0.2) is 9.78 Å². The molecule has 27 heavy (non-hydrogen) atoms. The molecule has 3 aromatic rings. The molecule has 0 bridgehead atoms. The van der Waals surface area contributed by atoms with Crippen molar-refractivity contribution in [3.05, 3.63) is 53.3 Å². The predicted molar refractivity (Wildman–Crippen MR) is 92.7 cm³/mol. The summed E-state index contributed by atoms with van der Waals surface area (Å²) < 4.78 is 50.5. The molecule has 0 amide bonds. The second-order valence-electron chi connectivity index (χ2n) is 5.72.